The number of hydrogen-bond donors (Lipinski definition) is 1. The summed E-state index contributed by atoms with van der Waals surface area (Å²) in [7, 11) is 0. The van der Waals surface area contributed by atoms with Crippen LogP contribution in [0.15, 0.2) is 12.3 Å². The number of aromatic nitrogens is 1. The molecule has 2 fully saturated rings. The van der Waals surface area contributed by atoms with Gasteiger partial charge in [-0.15, -0.1) is 0 Å². The van der Waals surface area contributed by atoms with E-state index in [4.69, 9.17) is 4.74 Å². The zero-order chi connectivity index (χ0) is 14.1. The molecular formula is C15H21N3O2. The van der Waals surface area contributed by atoms with E-state index in [9.17, 15) is 4.79 Å². The van der Waals surface area contributed by atoms with Crippen molar-refractivity contribution in [3.05, 3.63) is 23.5 Å². The van der Waals surface area contributed by atoms with Gasteiger partial charge in [-0.1, -0.05) is 0 Å². The van der Waals surface area contributed by atoms with Crippen molar-refractivity contribution in [3.63, 3.8) is 0 Å². The van der Waals surface area contributed by atoms with Crippen molar-refractivity contribution in [2.45, 2.75) is 38.9 Å². The van der Waals surface area contributed by atoms with Crippen molar-refractivity contribution in [3.8, 4) is 0 Å². The third-order valence-corrected chi connectivity index (χ3v) is 3.97. The predicted molar refractivity (Wildman–Crippen MR) is 76.9 cm³/mol. The molecule has 20 heavy (non-hydrogen) atoms. The summed E-state index contributed by atoms with van der Waals surface area (Å²) in [6, 6.07) is 1.94. The number of nitrogens with zero attached hydrogens (tertiary/aromatic N) is 2. The third-order valence-electron chi connectivity index (χ3n) is 3.97. The van der Waals surface area contributed by atoms with E-state index in [1.165, 1.54) is 0 Å². The van der Waals surface area contributed by atoms with Crippen molar-refractivity contribution in [1.29, 1.82) is 0 Å². The summed E-state index contributed by atoms with van der Waals surface area (Å²) in [6.07, 6.45) is 4.27. The fraction of sp³-hybridized carbons (Fsp3) is 0.600. The van der Waals surface area contributed by atoms with E-state index in [1.807, 2.05) is 24.8 Å². The van der Waals surface area contributed by atoms with Crippen LogP contribution in [0.3, 0.4) is 0 Å². The molecule has 2 atom stereocenters. The van der Waals surface area contributed by atoms with E-state index in [1.54, 1.807) is 6.20 Å². The minimum atomic E-state index is 0.0636. The van der Waals surface area contributed by atoms with Gasteiger partial charge in [0.05, 0.1) is 23.5 Å². The Morgan fingerprint density at radius 2 is 2.15 bits per heavy atom. The molecule has 3 heterocycles. The van der Waals surface area contributed by atoms with Crippen molar-refractivity contribution in [2.24, 2.45) is 0 Å². The van der Waals surface area contributed by atoms with Crippen LogP contribution in [-0.4, -0.2) is 47.6 Å². The number of anilines is 1. The second-order valence-corrected chi connectivity index (χ2v) is 5.57. The second-order valence-electron chi connectivity index (χ2n) is 5.57. The minimum Gasteiger partial charge on any atom is -0.385 e. The predicted octanol–water partition coefficient (Wildman–Crippen LogP) is 1.83. The molecule has 2 saturated heterocycles. The Balaban J connectivity index is 1.83. The molecule has 2 aliphatic rings. The van der Waals surface area contributed by atoms with E-state index in [0.29, 0.717) is 18.7 Å². The summed E-state index contributed by atoms with van der Waals surface area (Å²) in [6.45, 7) is 6.16. The van der Waals surface area contributed by atoms with Gasteiger partial charge in [0, 0.05) is 31.5 Å². The molecule has 2 unspecified atom stereocenters. The highest BCUT2D eigenvalue weighted by Crippen LogP contribution is 2.28. The number of rotatable bonds is 3. The Bertz CT molecular complexity index is 506. The normalized spacial score (nSPS) is 24.8. The van der Waals surface area contributed by atoms with Crippen molar-refractivity contribution < 1.29 is 9.53 Å². The first-order valence-corrected chi connectivity index (χ1v) is 7.32. The maximum atomic E-state index is 12.7. The Hall–Kier alpha value is -1.62. The molecule has 5 nitrogen and oxygen atoms in total. The Labute approximate surface area is 119 Å². The molecule has 0 saturated carbocycles. The van der Waals surface area contributed by atoms with Crippen molar-refractivity contribution in [1.82, 2.24) is 9.88 Å². The number of likely N-dealkylation sites (tertiary alicyclic amines) is 1. The number of morpholine rings is 1. The lowest BCUT2D eigenvalue weighted by atomic mass is 10.1. The van der Waals surface area contributed by atoms with Gasteiger partial charge in [-0.25, -0.2) is 0 Å². The van der Waals surface area contributed by atoms with E-state index >= 15 is 0 Å². The highest BCUT2D eigenvalue weighted by Gasteiger charge is 2.36. The number of fused-ring (bicyclic) bond motifs is 2. The highest BCUT2D eigenvalue weighted by atomic mass is 16.5. The van der Waals surface area contributed by atoms with Gasteiger partial charge in [-0.05, 0) is 32.8 Å². The maximum Gasteiger partial charge on any atom is 0.257 e. The van der Waals surface area contributed by atoms with Gasteiger partial charge in [0.15, 0.2) is 0 Å². The quantitative estimate of drug-likeness (QED) is 0.914. The standard InChI is InChI=1S/C15H21N3O2/c1-3-16-14-6-10(2)17-7-13(14)15(19)18-8-11-4-5-12(9-18)20-11/h6-7,11-12H,3-5,8-9H2,1-2H3,(H,16,17). The van der Waals surface area contributed by atoms with Gasteiger partial charge in [0.2, 0.25) is 0 Å². The molecule has 3 rings (SSSR count). The van der Waals surface area contributed by atoms with Gasteiger partial charge in [-0.3, -0.25) is 9.78 Å². The number of aryl methyl sites for hydroxylation is 1. The van der Waals surface area contributed by atoms with E-state index < -0.39 is 0 Å². The molecule has 1 aromatic heterocycles. The summed E-state index contributed by atoms with van der Waals surface area (Å²) in [5.41, 5.74) is 2.46. The van der Waals surface area contributed by atoms with Crippen LogP contribution in [0, 0.1) is 6.92 Å². The number of pyridine rings is 1. The minimum absolute atomic E-state index is 0.0636. The average molecular weight is 275 g/mol. The van der Waals surface area contributed by atoms with Crippen LogP contribution in [0.5, 0.6) is 0 Å². The first-order valence-electron chi connectivity index (χ1n) is 7.32. The molecule has 0 aliphatic carbocycles. The van der Waals surface area contributed by atoms with Gasteiger partial charge >= 0.3 is 0 Å². The van der Waals surface area contributed by atoms with Crippen LogP contribution in [0.4, 0.5) is 5.69 Å². The zero-order valence-electron chi connectivity index (χ0n) is 12.1. The molecule has 0 radical (unpaired) electrons. The van der Waals surface area contributed by atoms with Crippen LogP contribution >= 0.6 is 0 Å². The largest absolute Gasteiger partial charge is 0.385 e. The molecule has 1 N–H and O–H groups in total. The van der Waals surface area contributed by atoms with Crippen LogP contribution in [-0.2, 0) is 4.74 Å². The maximum absolute atomic E-state index is 12.7. The lowest BCUT2D eigenvalue weighted by Gasteiger charge is -2.32. The molecule has 108 valence electrons. The Morgan fingerprint density at radius 3 is 2.80 bits per heavy atom. The van der Waals surface area contributed by atoms with Crippen molar-refractivity contribution in [2.75, 3.05) is 25.0 Å². The number of carbonyl (C=O) groups excluding carboxylic acids is 1. The Morgan fingerprint density at radius 1 is 1.45 bits per heavy atom. The fourth-order valence-electron chi connectivity index (χ4n) is 3.02. The third kappa shape index (κ3) is 2.50. The molecule has 2 aliphatic heterocycles. The van der Waals surface area contributed by atoms with Gasteiger partial charge in [-0.2, -0.15) is 0 Å². The fourth-order valence-corrected chi connectivity index (χ4v) is 3.02. The van der Waals surface area contributed by atoms with Crippen molar-refractivity contribution >= 4 is 11.6 Å². The van der Waals surface area contributed by atoms with E-state index in [-0.39, 0.29) is 18.1 Å². The number of carbonyl (C=O) groups is 1. The Kier molecular flexibility index (Phi) is 3.61. The average Bonchev–Trinajstić information content (AvgIpc) is 2.77. The first-order chi connectivity index (χ1) is 9.67. The lowest BCUT2D eigenvalue weighted by Crippen LogP contribution is -2.46. The summed E-state index contributed by atoms with van der Waals surface area (Å²) in [5.74, 6) is 0.0636. The lowest BCUT2D eigenvalue weighted by molar-refractivity contribution is -0.0303. The smallest absolute Gasteiger partial charge is 0.257 e. The number of nitrogens with one attached hydrogen (secondary N) is 1. The summed E-state index contributed by atoms with van der Waals surface area (Å²) in [5, 5.41) is 3.26. The first kappa shape index (κ1) is 13.4. The summed E-state index contributed by atoms with van der Waals surface area (Å²) in [4.78, 5) is 18.9. The SMILES string of the molecule is CCNc1cc(C)ncc1C(=O)N1CC2CCC(C1)O2. The molecule has 2 bridgehead atoms. The molecule has 1 aromatic rings. The summed E-state index contributed by atoms with van der Waals surface area (Å²) < 4.78 is 5.79. The second kappa shape index (κ2) is 5.40. The van der Waals surface area contributed by atoms with Gasteiger partial charge in [0.25, 0.3) is 5.91 Å². The summed E-state index contributed by atoms with van der Waals surface area (Å²) >= 11 is 0. The molecular weight excluding hydrogens is 254 g/mol. The number of hydrogen-bond acceptors (Lipinski definition) is 4. The van der Waals surface area contributed by atoms with Crippen LogP contribution in [0.25, 0.3) is 0 Å². The molecule has 0 spiro atoms. The van der Waals surface area contributed by atoms with Crippen LogP contribution < -0.4 is 5.32 Å². The molecule has 5 heteroatoms. The molecule has 0 aromatic carbocycles. The monoisotopic (exact) mass is 275 g/mol. The highest BCUT2D eigenvalue weighted by molar-refractivity contribution is 5.99. The molecule has 1 amide bonds. The van der Waals surface area contributed by atoms with Crippen LogP contribution in [0.1, 0.15) is 35.8 Å². The number of amides is 1. The topological polar surface area (TPSA) is 54.5 Å². The van der Waals surface area contributed by atoms with E-state index in [0.717, 1.165) is 30.8 Å². The zero-order valence-corrected chi connectivity index (χ0v) is 12.1. The van der Waals surface area contributed by atoms with Gasteiger partial charge < -0.3 is 15.0 Å². The van der Waals surface area contributed by atoms with E-state index in [2.05, 4.69) is 10.3 Å². The number of ether oxygens (including phenoxy) is 1. The van der Waals surface area contributed by atoms with Gasteiger partial charge in [0.1, 0.15) is 0 Å². The van der Waals surface area contributed by atoms with Crippen LogP contribution in [0.2, 0.25) is 0 Å².